The van der Waals surface area contributed by atoms with Crippen LogP contribution in [-0.4, -0.2) is 34.0 Å². The first-order valence-corrected chi connectivity index (χ1v) is 6.44. The fraction of sp³-hybridized carbons (Fsp3) is 0.467. The highest BCUT2D eigenvalue weighted by atomic mass is 16.4. The highest BCUT2D eigenvalue weighted by molar-refractivity contribution is 5.78. The smallest absolute Gasteiger partial charge is 0.303 e. The van der Waals surface area contributed by atoms with Crippen molar-refractivity contribution >= 4 is 11.9 Å². The number of hydrogen-bond acceptors (Lipinski definition) is 3. The molecule has 1 aromatic carbocycles. The summed E-state index contributed by atoms with van der Waals surface area (Å²) in [5, 5.41) is 18.5. The number of carbonyl (C=O) groups excluding carboxylic acids is 1. The number of carboxylic acids is 1. The lowest BCUT2D eigenvalue weighted by atomic mass is 9.85. The van der Waals surface area contributed by atoms with Gasteiger partial charge in [-0.15, -0.1) is 0 Å². The van der Waals surface area contributed by atoms with Gasteiger partial charge in [-0.3, -0.25) is 9.59 Å². The normalized spacial score (nSPS) is 11.2. The Morgan fingerprint density at radius 1 is 1.20 bits per heavy atom. The summed E-state index contributed by atoms with van der Waals surface area (Å²) in [6, 6.07) is 6.84. The van der Waals surface area contributed by atoms with Gasteiger partial charge in [0.05, 0.1) is 6.42 Å². The van der Waals surface area contributed by atoms with E-state index in [-0.39, 0.29) is 24.5 Å². The Balaban J connectivity index is 2.64. The molecule has 0 saturated heterocycles. The van der Waals surface area contributed by atoms with Crippen LogP contribution in [0.1, 0.15) is 32.3 Å². The number of nitrogens with zero attached hydrogens (tertiary/aromatic N) is 1. The van der Waals surface area contributed by atoms with Crippen molar-refractivity contribution < 1.29 is 19.8 Å². The summed E-state index contributed by atoms with van der Waals surface area (Å²) in [6.45, 7) is 3.81. The van der Waals surface area contributed by atoms with Gasteiger partial charge in [-0.05, 0) is 11.5 Å². The molecule has 5 heteroatoms. The number of hydrogen-bond donors (Lipinski definition) is 2. The van der Waals surface area contributed by atoms with E-state index in [0.29, 0.717) is 12.1 Å². The fourth-order valence-corrected chi connectivity index (χ4v) is 2.00. The van der Waals surface area contributed by atoms with Crippen molar-refractivity contribution in [3.05, 3.63) is 29.8 Å². The number of carbonyl (C=O) groups is 2. The molecule has 0 fully saturated rings. The van der Waals surface area contributed by atoms with E-state index >= 15 is 0 Å². The third-order valence-corrected chi connectivity index (χ3v) is 3.08. The first-order chi connectivity index (χ1) is 9.21. The van der Waals surface area contributed by atoms with Crippen molar-refractivity contribution in [3.63, 3.8) is 0 Å². The number of rotatable bonds is 6. The number of aromatic hydroxyl groups is 1. The third kappa shape index (κ3) is 4.91. The van der Waals surface area contributed by atoms with Crippen LogP contribution in [0.25, 0.3) is 0 Å². The van der Waals surface area contributed by atoms with Crippen LogP contribution in [0.15, 0.2) is 24.3 Å². The molecule has 0 saturated carbocycles. The first-order valence-electron chi connectivity index (χ1n) is 6.44. The maximum absolute atomic E-state index is 12.1. The van der Waals surface area contributed by atoms with Gasteiger partial charge in [0, 0.05) is 25.6 Å². The Bertz CT molecular complexity index is 496. The molecule has 0 aliphatic carbocycles. The molecule has 0 spiro atoms. The average Bonchev–Trinajstić information content (AvgIpc) is 2.29. The summed E-state index contributed by atoms with van der Waals surface area (Å²) in [7, 11) is 1.64. The maximum atomic E-state index is 12.1. The molecule has 1 rings (SSSR count). The van der Waals surface area contributed by atoms with Crippen molar-refractivity contribution in [2.24, 2.45) is 5.41 Å². The molecule has 0 aliphatic heterocycles. The maximum Gasteiger partial charge on any atom is 0.303 e. The Hall–Kier alpha value is -2.04. The van der Waals surface area contributed by atoms with Gasteiger partial charge < -0.3 is 15.1 Å². The van der Waals surface area contributed by atoms with Gasteiger partial charge in [0.15, 0.2) is 0 Å². The summed E-state index contributed by atoms with van der Waals surface area (Å²) < 4.78 is 0. The predicted molar refractivity (Wildman–Crippen MR) is 75.2 cm³/mol. The molecule has 0 heterocycles. The summed E-state index contributed by atoms with van der Waals surface area (Å²) in [5.74, 6) is -0.900. The lowest BCUT2D eigenvalue weighted by molar-refractivity contribution is -0.140. The van der Waals surface area contributed by atoms with Crippen molar-refractivity contribution in [2.75, 3.05) is 7.05 Å². The van der Waals surface area contributed by atoms with Crippen LogP contribution in [0.4, 0.5) is 0 Å². The van der Waals surface area contributed by atoms with E-state index in [2.05, 4.69) is 0 Å². The van der Waals surface area contributed by atoms with E-state index in [1.165, 1.54) is 4.90 Å². The molecule has 1 amide bonds. The molecule has 2 N–H and O–H groups in total. The SMILES string of the molecule is CN(Cc1ccccc1O)C(=O)CC(C)(C)CC(=O)O. The van der Waals surface area contributed by atoms with E-state index < -0.39 is 11.4 Å². The standard InChI is InChI=1S/C15H21NO4/c1-15(2,9-14(19)20)8-13(18)16(3)10-11-6-4-5-7-12(11)17/h4-7,17H,8-10H2,1-3H3,(H,19,20). The topological polar surface area (TPSA) is 77.8 Å². The number of phenolic OH excluding ortho intramolecular Hbond substituents is 1. The number of aliphatic carboxylic acids is 1. The molecule has 0 unspecified atom stereocenters. The highest BCUT2D eigenvalue weighted by Crippen LogP contribution is 2.26. The molecule has 0 aromatic heterocycles. The quantitative estimate of drug-likeness (QED) is 0.837. The van der Waals surface area contributed by atoms with E-state index in [1.807, 2.05) is 0 Å². The molecule has 1 aromatic rings. The lowest BCUT2D eigenvalue weighted by Crippen LogP contribution is -2.31. The minimum Gasteiger partial charge on any atom is -0.508 e. The number of benzene rings is 1. The van der Waals surface area contributed by atoms with Crippen molar-refractivity contribution in [1.29, 1.82) is 0 Å². The number of para-hydroxylation sites is 1. The van der Waals surface area contributed by atoms with Crippen LogP contribution in [0, 0.1) is 5.41 Å². The minimum atomic E-state index is -0.911. The Morgan fingerprint density at radius 2 is 1.80 bits per heavy atom. The summed E-state index contributed by atoms with van der Waals surface area (Å²) in [6.07, 6.45) is 0.104. The predicted octanol–water partition coefficient (Wildman–Crippen LogP) is 2.24. The Labute approximate surface area is 118 Å². The molecule has 0 bridgehead atoms. The van der Waals surface area contributed by atoms with Gasteiger partial charge in [0.2, 0.25) is 5.91 Å². The van der Waals surface area contributed by atoms with Gasteiger partial charge in [0.25, 0.3) is 0 Å². The van der Waals surface area contributed by atoms with E-state index in [1.54, 1.807) is 45.2 Å². The van der Waals surface area contributed by atoms with Crippen LogP contribution in [0.3, 0.4) is 0 Å². The van der Waals surface area contributed by atoms with Gasteiger partial charge in [-0.1, -0.05) is 32.0 Å². The van der Waals surface area contributed by atoms with Crippen LogP contribution in [0.2, 0.25) is 0 Å². The van der Waals surface area contributed by atoms with Crippen LogP contribution < -0.4 is 0 Å². The van der Waals surface area contributed by atoms with Gasteiger partial charge in [-0.25, -0.2) is 0 Å². The second-order valence-electron chi connectivity index (χ2n) is 5.79. The van der Waals surface area contributed by atoms with Crippen molar-refractivity contribution in [1.82, 2.24) is 4.90 Å². The largest absolute Gasteiger partial charge is 0.508 e. The highest BCUT2D eigenvalue weighted by Gasteiger charge is 2.26. The Morgan fingerprint density at radius 3 is 2.35 bits per heavy atom. The van der Waals surface area contributed by atoms with E-state index in [0.717, 1.165) is 0 Å². The molecule has 0 radical (unpaired) electrons. The Kier molecular flexibility index (Phi) is 5.13. The fourth-order valence-electron chi connectivity index (χ4n) is 2.00. The van der Waals surface area contributed by atoms with Crippen molar-refractivity contribution in [3.8, 4) is 5.75 Å². The number of phenols is 1. The zero-order chi connectivity index (χ0) is 15.3. The summed E-state index contributed by atoms with van der Waals surface area (Å²) in [4.78, 5) is 24.3. The second-order valence-corrected chi connectivity index (χ2v) is 5.79. The molecular formula is C15H21NO4. The van der Waals surface area contributed by atoms with Crippen LogP contribution >= 0.6 is 0 Å². The van der Waals surface area contributed by atoms with Gasteiger partial charge in [-0.2, -0.15) is 0 Å². The zero-order valence-corrected chi connectivity index (χ0v) is 12.1. The molecule has 0 aliphatic rings. The lowest BCUT2D eigenvalue weighted by Gasteiger charge is -2.25. The average molecular weight is 279 g/mol. The first kappa shape index (κ1) is 16.0. The van der Waals surface area contributed by atoms with E-state index in [4.69, 9.17) is 5.11 Å². The van der Waals surface area contributed by atoms with Crippen LogP contribution in [-0.2, 0) is 16.1 Å². The monoisotopic (exact) mass is 279 g/mol. The van der Waals surface area contributed by atoms with Crippen molar-refractivity contribution in [2.45, 2.75) is 33.2 Å². The summed E-state index contributed by atoms with van der Waals surface area (Å²) >= 11 is 0. The van der Waals surface area contributed by atoms with Gasteiger partial charge in [0.1, 0.15) is 5.75 Å². The van der Waals surface area contributed by atoms with Crippen LogP contribution in [0.5, 0.6) is 5.75 Å². The third-order valence-electron chi connectivity index (χ3n) is 3.08. The minimum absolute atomic E-state index is 0.0524. The zero-order valence-electron chi connectivity index (χ0n) is 12.1. The molecular weight excluding hydrogens is 258 g/mol. The second kappa shape index (κ2) is 6.41. The molecule has 5 nitrogen and oxygen atoms in total. The number of carboxylic acid groups (broad SMARTS) is 1. The van der Waals surface area contributed by atoms with Gasteiger partial charge >= 0.3 is 5.97 Å². The van der Waals surface area contributed by atoms with E-state index in [9.17, 15) is 14.7 Å². The molecule has 20 heavy (non-hydrogen) atoms. The molecule has 0 atom stereocenters. The number of amides is 1. The molecule has 110 valence electrons. The summed E-state index contributed by atoms with van der Waals surface area (Å²) in [5.41, 5.74) is 0.0787.